The van der Waals surface area contributed by atoms with Gasteiger partial charge in [-0.1, -0.05) is 12.1 Å². The van der Waals surface area contributed by atoms with Crippen LogP contribution in [0.3, 0.4) is 0 Å². The summed E-state index contributed by atoms with van der Waals surface area (Å²) in [6.45, 7) is 1.10. The number of anilines is 2. The van der Waals surface area contributed by atoms with Crippen LogP contribution in [0.1, 0.15) is 23.2 Å². The Kier molecular flexibility index (Phi) is 7.01. The van der Waals surface area contributed by atoms with Crippen molar-refractivity contribution in [3.8, 4) is 0 Å². The first-order chi connectivity index (χ1) is 12.5. The molecule has 2 aromatic carbocycles. The first-order valence-corrected chi connectivity index (χ1v) is 8.50. The number of hydrogen-bond donors (Lipinski definition) is 3. The zero-order valence-electron chi connectivity index (χ0n) is 14.7. The van der Waals surface area contributed by atoms with Crippen molar-refractivity contribution in [2.24, 2.45) is 0 Å². The van der Waals surface area contributed by atoms with Gasteiger partial charge in [-0.3, -0.25) is 4.79 Å². The summed E-state index contributed by atoms with van der Waals surface area (Å²) in [4.78, 5) is 26.3. The molecule has 27 heavy (non-hydrogen) atoms. The molecule has 3 rings (SSSR count). The molecule has 1 fully saturated rings. The van der Waals surface area contributed by atoms with Gasteiger partial charge in [0.2, 0.25) is 0 Å². The van der Waals surface area contributed by atoms with E-state index >= 15 is 0 Å². The number of carbonyl (C=O) groups excluding carboxylic acids is 2. The van der Waals surface area contributed by atoms with Gasteiger partial charge in [0.25, 0.3) is 5.91 Å². The summed E-state index contributed by atoms with van der Waals surface area (Å²) in [5, 5.41) is 5.56. The zero-order valence-corrected chi connectivity index (χ0v) is 15.5. The van der Waals surface area contributed by atoms with E-state index in [1.807, 2.05) is 0 Å². The summed E-state index contributed by atoms with van der Waals surface area (Å²) in [6.07, 6.45) is 1.32. The molecule has 0 saturated carbocycles. The molecular formula is C19H22ClFN4O2. The Hall–Kier alpha value is -2.80. The molecule has 0 atom stereocenters. The Morgan fingerprint density at radius 1 is 1.04 bits per heavy atom. The predicted molar refractivity (Wildman–Crippen MR) is 106 cm³/mol. The highest BCUT2D eigenvalue weighted by Crippen LogP contribution is 2.18. The molecule has 8 heteroatoms. The van der Waals surface area contributed by atoms with Gasteiger partial charge in [-0.05, 0) is 49.2 Å². The van der Waals surface area contributed by atoms with E-state index in [-0.39, 0.29) is 36.2 Å². The molecular weight excluding hydrogens is 371 g/mol. The highest BCUT2D eigenvalue weighted by Gasteiger charge is 2.25. The molecule has 144 valence electrons. The summed E-state index contributed by atoms with van der Waals surface area (Å²) in [6, 6.07) is 12.2. The van der Waals surface area contributed by atoms with Gasteiger partial charge in [0, 0.05) is 30.5 Å². The minimum atomic E-state index is -0.355. The maximum atomic E-state index is 12.9. The lowest BCUT2D eigenvalue weighted by Crippen LogP contribution is -2.47. The zero-order chi connectivity index (χ0) is 18.5. The van der Waals surface area contributed by atoms with Gasteiger partial charge >= 0.3 is 6.03 Å². The summed E-state index contributed by atoms with van der Waals surface area (Å²) in [5.74, 6) is -0.440. The van der Waals surface area contributed by atoms with Crippen molar-refractivity contribution in [1.82, 2.24) is 10.2 Å². The molecule has 6 nitrogen and oxygen atoms in total. The average molecular weight is 393 g/mol. The minimum Gasteiger partial charge on any atom is -0.398 e. The van der Waals surface area contributed by atoms with Crippen LogP contribution in [-0.2, 0) is 0 Å². The molecule has 0 aromatic heterocycles. The number of halogens is 2. The predicted octanol–water partition coefficient (Wildman–Crippen LogP) is 3.26. The second-order valence-electron chi connectivity index (χ2n) is 6.26. The number of urea groups is 1. The van der Waals surface area contributed by atoms with Crippen molar-refractivity contribution in [1.29, 1.82) is 0 Å². The van der Waals surface area contributed by atoms with E-state index < -0.39 is 0 Å². The number of rotatable bonds is 3. The Bertz CT molecular complexity index is 793. The van der Waals surface area contributed by atoms with E-state index in [1.165, 1.54) is 24.3 Å². The summed E-state index contributed by atoms with van der Waals surface area (Å²) in [7, 11) is 0. The lowest BCUT2D eigenvalue weighted by molar-refractivity contribution is 0.0710. The van der Waals surface area contributed by atoms with Gasteiger partial charge in [0.1, 0.15) is 5.82 Å². The maximum absolute atomic E-state index is 12.9. The van der Waals surface area contributed by atoms with Gasteiger partial charge in [-0.2, -0.15) is 0 Å². The van der Waals surface area contributed by atoms with E-state index in [4.69, 9.17) is 5.73 Å². The van der Waals surface area contributed by atoms with E-state index in [1.54, 1.807) is 29.2 Å². The van der Waals surface area contributed by atoms with E-state index in [2.05, 4.69) is 10.6 Å². The number of nitrogens with two attached hydrogens (primary N) is 1. The Labute approximate surface area is 163 Å². The molecule has 0 spiro atoms. The molecule has 0 bridgehead atoms. The number of nitrogen functional groups attached to an aromatic ring is 1. The van der Waals surface area contributed by atoms with Crippen molar-refractivity contribution in [2.45, 2.75) is 18.9 Å². The number of likely N-dealkylation sites (tertiary alicyclic amines) is 1. The third-order valence-corrected chi connectivity index (χ3v) is 4.41. The van der Waals surface area contributed by atoms with E-state index in [9.17, 15) is 14.0 Å². The van der Waals surface area contributed by atoms with Crippen LogP contribution in [0, 0.1) is 5.82 Å². The number of amides is 3. The first-order valence-electron chi connectivity index (χ1n) is 8.50. The topological polar surface area (TPSA) is 87.5 Å². The molecule has 0 unspecified atom stereocenters. The summed E-state index contributed by atoms with van der Waals surface area (Å²) in [5.41, 5.74) is 7.37. The third kappa shape index (κ3) is 5.34. The Balaban J connectivity index is 0.00000261. The highest BCUT2D eigenvalue weighted by molar-refractivity contribution is 5.99. The van der Waals surface area contributed by atoms with Crippen molar-refractivity contribution in [2.75, 3.05) is 24.1 Å². The molecule has 1 aliphatic heterocycles. The molecule has 0 radical (unpaired) electrons. The summed E-state index contributed by atoms with van der Waals surface area (Å²) < 4.78 is 12.9. The van der Waals surface area contributed by atoms with Gasteiger partial charge in [0.05, 0.1) is 5.56 Å². The smallest absolute Gasteiger partial charge is 0.319 e. The second-order valence-corrected chi connectivity index (χ2v) is 6.26. The number of benzene rings is 2. The van der Waals surface area contributed by atoms with Crippen molar-refractivity contribution in [3.05, 3.63) is 59.9 Å². The molecule has 0 aliphatic carbocycles. The number of nitrogens with zero attached hydrogens (tertiary/aromatic N) is 1. The molecule has 1 aliphatic rings. The Morgan fingerprint density at radius 2 is 1.67 bits per heavy atom. The van der Waals surface area contributed by atoms with Gasteiger partial charge < -0.3 is 21.3 Å². The van der Waals surface area contributed by atoms with Crippen LogP contribution < -0.4 is 16.4 Å². The molecule has 3 amide bonds. The molecule has 1 saturated heterocycles. The number of nitrogens with one attached hydrogen (secondary N) is 2. The fraction of sp³-hybridized carbons (Fsp3) is 0.263. The van der Waals surface area contributed by atoms with Crippen molar-refractivity contribution >= 4 is 35.7 Å². The normalized spacial score (nSPS) is 14.2. The Morgan fingerprint density at radius 3 is 2.30 bits per heavy atom. The van der Waals surface area contributed by atoms with Crippen LogP contribution in [0.15, 0.2) is 48.5 Å². The monoisotopic (exact) mass is 392 g/mol. The standard InChI is InChI=1S/C19H21FN4O2.ClH/c20-13-5-7-14(8-6-13)22-19(26)23-15-9-11-24(12-10-15)18(25)16-3-1-2-4-17(16)21;/h1-8,15H,9-12,21H2,(H2,22,23,26);1H. The van der Waals surface area contributed by atoms with Crippen LogP contribution in [0.25, 0.3) is 0 Å². The van der Waals surface area contributed by atoms with E-state index in [0.29, 0.717) is 42.9 Å². The van der Waals surface area contributed by atoms with Gasteiger partial charge in [0.15, 0.2) is 0 Å². The largest absolute Gasteiger partial charge is 0.398 e. The number of piperidine rings is 1. The van der Waals surface area contributed by atoms with Crippen molar-refractivity contribution < 1.29 is 14.0 Å². The van der Waals surface area contributed by atoms with Gasteiger partial charge in [-0.15, -0.1) is 12.4 Å². The lowest BCUT2D eigenvalue weighted by atomic mass is 10.0. The quantitative estimate of drug-likeness (QED) is 0.700. The average Bonchev–Trinajstić information content (AvgIpc) is 2.64. The number of para-hydroxylation sites is 1. The van der Waals surface area contributed by atoms with Crippen LogP contribution in [-0.4, -0.2) is 36.0 Å². The van der Waals surface area contributed by atoms with Crippen LogP contribution in [0.2, 0.25) is 0 Å². The van der Waals surface area contributed by atoms with Crippen LogP contribution in [0.4, 0.5) is 20.6 Å². The molecule has 2 aromatic rings. The fourth-order valence-corrected chi connectivity index (χ4v) is 2.97. The third-order valence-electron chi connectivity index (χ3n) is 4.41. The molecule has 4 N–H and O–H groups in total. The highest BCUT2D eigenvalue weighted by atomic mass is 35.5. The maximum Gasteiger partial charge on any atom is 0.319 e. The van der Waals surface area contributed by atoms with Gasteiger partial charge in [-0.25, -0.2) is 9.18 Å². The van der Waals surface area contributed by atoms with Crippen LogP contribution >= 0.6 is 12.4 Å². The number of carbonyl (C=O) groups is 2. The first kappa shape index (κ1) is 20.5. The SMILES string of the molecule is Cl.Nc1ccccc1C(=O)N1CCC(NC(=O)Nc2ccc(F)cc2)CC1. The second kappa shape index (κ2) is 9.23. The van der Waals surface area contributed by atoms with Crippen LogP contribution in [0.5, 0.6) is 0 Å². The van der Waals surface area contributed by atoms with E-state index in [0.717, 1.165) is 0 Å². The number of hydrogen-bond acceptors (Lipinski definition) is 3. The molecule has 1 heterocycles. The minimum absolute atomic E-state index is 0. The van der Waals surface area contributed by atoms with Crippen molar-refractivity contribution in [3.63, 3.8) is 0 Å². The fourth-order valence-electron chi connectivity index (χ4n) is 2.97. The summed E-state index contributed by atoms with van der Waals surface area (Å²) >= 11 is 0. The lowest BCUT2D eigenvalue weighted by Gasteiger charge is -2.32.